The Morgan fingerprint density at radius 1 is 1.14 bits per heavy atom. The maximum Gasteiger partial charge on any atom is 0.227 e. The number of nitrogens with zero attached hydrogens (tertiary/aromatic N) is 4. The summed E-state index contributed by atoms with van der Waals surface area (Å²) in [5.74, 6) is 0.664. The Morgan fingerprint density at radius 3 is 2.89 bits per heavy atom. The number of nitrogens with one attached hydrogen (secondary N) is 2. The van der Waals surface area contributed by atoms with Crippen LogP contribution in [0.3, 0.4) is 0 Å². The van der Waals surface area contributed by atoms with Crippen LogP contribution >= 0.6 is 0 Å². The van der Waals surface area contributed by atoms with Gasteiger partial charge in [-0.2, -0.15) is 0 Å². The standard InChI is InChI=1S/C27H29FN6O2/c1-34(2)12-14-35-19-8-9-22(28)21(15-19)20-6-3-5-18-16-31-27(33-25(18)20)32-23-7-4-10-30-26(23)24-17-29-11-13-36-24/h3-10,15-16,24,29H,11-14,17H2,1-2H3,(H,31,32,33). The van der Waals surface area contributed by atoms with Crippen LogP contribution in [0.4, 0.5) is 16.0 Å². The second-order valence-electron chi connectivity index (χ2n) is 8.86. The number of fused-ring (bicyclic) bond motifs is 1. The van der Waals surface area contributed by atoms with Crippen molar-refractivity contribution in [2.75, 3.05) is 52.3 Å². The lowest BCUT2D eigenvalue weighted by Crippen LogP contribution is -2.34. The highest BCUT2D eigenvalue weighted by Crippen LogP contribution is 2.33. The summed E-state index contributed by atoms with van der Waals surface area (Å²) in [5.41, 5.74) is 3.29. The van der Waals surface area contributed by atoms with Crippen LogP contribution in [0.15, 0.2) is 60.9 Å². The minimum Gasteiger partial charge on any atom is -0.492 e. The lowest BCUT2D eigenvalue weighted by Gasteiger charge is -2.24. The summed E-state index contributed by atoms with van der Waals surface area (Å²) >= 11 is 0. The molecule has 0 aliphatic carbocycles. The van der Waals surface area contributed by atoms with E-state index in [1.807, 2.05) is 49.3 Å². The van der Waals surface area contributed by atoms with Crippen LogP contribution in [-0.4, -0.2) is 66.8 Å². The maximum atomic E-state index is 15.0. The van der Waals surface area contributed by atoms with E-state index < -0.39 is 0 Å². The second kappa shape index (κ2) is 10.9. The Hall–Kier alpha value is -3.66. The SMILES string of the molecule is CN(C)CCOc1ccc(F)c(-c2cccc3cnc(Nc4cccnc4C4CNCCO4)nc23)c1. The molecule has 8 nitrogen and oxygen atoms in total. The van der Waals surface area contributed by atoms with E-state index >= 15 is 0 Å². The predicted octanol–water partition coefficient (Wildman–Crippen LogP) is 4.18. The maximum absolute atomic E-state index is 15.0. The summed E-state index contributed by atoms with van der Waals surface area (Å²) < 4.78 is 26.7. The van der Waals surface area contributed by atoms with Gasteiger partial charge in [-0.05, 0) is 44.4 Å². The molecule has 2 aromatic heterocycles. The zero-order valence-electron chi connectivity index (χ0n) is 20.4. The van der Waals surface area contributed by atoms with Crippen molar-refractivity contribution < 1.29 is 13.9 Å². The Labute approximate surface area is 209 Å². The number of benzene rings is 2. The fraction of sp³-hybridized carbons (Fsp3) is 0.296. The van der Waals surface area contributed by atoms with E-state index in [1.54, 1.807) is 24.5 Å². The van der Waals surface area contributed by atoms with Crippen molar-refractivity contribution in [1.29, 1.82) is 0 Å². The van der Waals surface area contributed by atoms with Gasteiger partial charge in [-0.1, -0.05) is 18.2 Å². The summed E-state index contributed by atoms with van der Waals surface area (Å²) in [7, 11) is 3.96. The van der Waals surface area contributed by atoms with E-state index in [2.05, 4.69) is 20.6 Å². The first-order chi connectivity index (χ1) is 17.6. The third-order valence-electron chi connectivity index (χ3n) is 5.96. The number of likely N-dealkylation sites (N-methyl/N-ethyl adjacent to an activating group) is 1. The van der Waals surface area contributed by atoms with Gasteiger partial charge in [0, 0.05) is 48.5 Å². The Bertz CT molecular complexity index is 1340. The molecule has 5 rings (SSSR count). The van der Waals surface area contributed by atoms with Crippen molar-refractivity contribution in [3.63, 3.8) is 0 Å². The quantitative estimate of drug-likeness (QED) is 0.382. The predicted molar refractivity (Wildman–Crippen MR) is 138 cm³/mol. The van der Waals surface area contributed by atoms with E-state index in [1.165, 1.54) is 6.07 Å². The number of morpholine rings is 1. The van der Waals surface area contributed by atoms with Crippen LogP contribution in [0.25, 0.3) is 22.0 Å². The minimum atomic E-state index is -0.341. The van der Waals surface area contributed by atoms with Crippen LogP contribution in [0.5, 0.6) is 5.75 Å². The number of para-hydroxylation sites is 1. The monoisotopic (exact) mass is 488 g/mol. The number of aromatic nitrogens is 3. The van der Waals surface area contributed by atoms with E-state index in [4.69, 9.17) is 14.5 Å². The molecule has 1 unspecified atom stereocenters. The van der Waals surface area contributed by atoms with Gasteiger partial charge in [0.1, 0.15) is 24.3 Å². The molecule has 3 heterocycles. The molecule has 1 fully saturated rings. The Morgan fingerprint density at radius 2 is 2.06 bits per heavy atom. The van der Waals surface area contributed by atoms with Crippen molar-refractivity contribution >= 4 is 22.5 Å². The van der Waals surface area contributed by atoms with Crippen molar-refractivity contribution in [3.8, 4) is 16.9 Å². The molecule has 36 heavy (non-hydrogen) atoms. The average molecular weight is 489 g/mol. The molecule has 186 valence electrons. The third kappa shape index (κ3) is 5.43. The van der Waals surface area contributed by atoms with E-state index in [0.29, 0.717) is 48.1 Å². The van der Waals surface area contributed by atoms with Crippen molar-refractivity contribution in [2.24, 2.45) is 0 Å². The zero-order chi connectivity index (χ0) is 24.9. The van der Waals surface area contributed by atoms with Crippen LogP contribution in [0.2, 0.25) is 0 Å². The van der Waals surface area contributed by atoms with Crippen molar-refractivity contribution in [3.05, 3.63) is 72.4 Å². The first kappa shape index (κ1) is 24.1. The molecule has 2 aromatic carbocycles. The second-order valence-corrected chi connectivity index (χ2v) is 8.86. The molecule has 2 N–H and O–H groups in total. The van der Waals surface area contributed by atoms with Gasteiger partial charge in [-0.3, -0.25) is 4.98 Å². The summed E-state index contributed by atoms with van der Waals surface area (Å²) in [6.45, 7) is 3.40. The smallest absolute Gasteiger partial charge is 0.227 e. The molecule has 0 bridgehead atoms. The molecule has 0 amide bonds. The van der Waals surface area contributed by atoms with Crippen LogP contribution < -0.4 is 15.4 Å². The summed E-state index contributed by atoms with van der Waals surface area (Å²) in [5, 5.41) is 7.43. The van der Waals surface area contributed by atoms with E-state index in [0.717, 1.165) is 29.9 Å². The molecule has 1 aliphatic rings. The van der Waals surface area contributed by atoms with Gasteiger partial charge >= 0.3 is 0 Å². The normalized spacial score (nSPS) is 15.8. The topological polar surface area (TPSA) is 84.4 Å². The molecule has 0 saturated carbocycles. The van der Waals surface area contributed by atoms with Crippen LogP contribution in [-0.2, 0) is 4.74 Å². The first-order valence-electron chi connectivity index (χ1n) is 12.0. The van der Waals surface area contributed by atoms with Crippen molar-refractivity contribution in [2.45, 2.75) is 6.10 Å². The molecular formula is C27H29FN6O2. The van der Waals surface area contributed by atoms with Gasteiger partial charge in [-0.25, -0.2) is 14.4 Å². The number of halogens is 1. The summed E-state index contributed by atoms with van der Waals surface area (Å²) in [6, 6.07) is 14.2. The molecule has 0 spiro atoms. The molecule has 4 aromatic rings. The fourth-order valence-corrected chi connectivity index (χ4v) is 4.12. The van der Waals surface area contributed by atoms with Gasteiger partial charge in [0.2, 0.25) is 5.95 Å². The molecule has 9 heteroatoms. The number of hydrogen-bond donors (Lipinski definition) is 2. The number of rotatable bonds is 8. The molecular weight excluding hydrogens is 459 g/mol. The van der Waals surface area contributed by atoms with Crippen LogP contribution in [0, 0.1) is 5.82 Å². The average Bonchev–Trinajstić information content (AvgIpc) is 2.90. The number of pyridine rings is 1. The van der Waals surface area contributed by atoms with Gasteiger partial charge in [0.15, 0.2) is 0 Å². The molecule has 1 aliphatic heterocycles. The fourth-order valence-electron chi connectivity index (χ4n) is 4.12. The lowest BCUT2D eigenvalue weighted by atomic mass is 10.0. The molecule has 0 radical (unpaired) electrons. The van der Waals surface area contributed by atoms with Gasteiger partial charge < -0.3 is 25.0 Å². The molecule has 1 atom stereocenters. The molecule has 1 saturated heterocycles. The summed E-state index contributed by atoms with van der Waals surface area (Å²) in [4.78, 5) is 15.8. The van der Waals surface area contributed by atoms with Gasteiger partial charge in [0.25, 0.3) is 0 Å². The number of ether oxygens (including phenoxy) is 2. The minimum absolute atomic E-state index is 0.164. The Balaban J connectivity index is 1.47. The Kier molecular flexibility index (Phi) is 7.31. The first-order valence-corrected chi connectivity index (χ1v) is 12.0. The van der Waals surface area contributed by atoms with Crippen molar-refractivity contribution in [1.82, 2.24) is 25.2 Å². The lowest BCUT2D eigenvalue weighted by molar-refractivity contribution is 0.0255. The van der Waals surface area contributed by atoms with E-state index in [9.17, 15) is 4.39 Å². The zero-order valence-corrected chi connectivity index (χ0v) is 20.4. The highest BCUT2D eigenvalue weighted by Gasteiger charge is 2.21. The van der Waals surface area contributed by atoms with Crippen LogP contribution in [0.1, 0.15) is 11.8 Å². The largest absolute Gasteiger partial charge is 0.492 e. The highest BCUT2D eigenvalue weighted by molar-refractivity contribution is 5.94. The van der Waals surface area contributed by atoms with Gasteiger partial charge in [-0.15, -0.1) is 0 Å². The summed E-state index contributed by atoms with van der Waals surface area (Å²) in [6.07, 6.45) is 3.31. The highest BCUT2D eigenvalue weighted by atomic mass is 19.1. The third-order valence-corrected chi connectivity index (χ3v) is 5.96. The van der Waals surface area contributed by atoms with Gasteiger partial charge in [0.05, 0.1) is 23.5 Å². The number of anilines is 2. The van der Waals surface area contributed by atoms with E-state index in [-0.39, 0.29) is 11.9 Å². The number of hydrogen-bond acceptors (Lipinski definition) is 8.